The van der Waals surface area contributed by atoms with Gasteiger partial charge in [0.25, 0.3) is 0 Å². The predicted octanol–water partition coefficient (Wildman–Crippen LogP) is 3.54. The SMILES string of the molecule is CSCCC(N)c1csc(CSC(C)C)n1. The van der Waals surface area contributed by atoms with Gasteiger partial charge in [0.05, 0.1) is 5.69 Å². The highest BCUT2D eigenvalue weighted by Gasteiger charge is 2.10. The van der Waals surface area contributed by atoms with Gasteiger partial charge < -0.3 is 5.73 Å². The molecule has 5 heteroatoms. The van der Waals surface area contributed by atoms with Crippen molar-refractivity contribution in [3.63, 3.8) is 0 Å². The first-order chi connectivity index (χ1) is 7.63. The normalized spacial score (nSPS) is 13.3. The van der Waals surface area contributed by atoms with E-state index in [2.05, 4.69) is 30.5 Å². The maximum atomic E-state index is 6.07. The fraction of sp³-hybridized carbons (Fsp3) is 0.727. The third kappa shape index (κ3) is 5.08. The Morgan fingerprint density at radius 1 is 1.50 bits per heavy atom. The average molecular weight is 276 g/mol. The molecule has 92 valence electrons. The smallest absolute Gasteiger partial charge is 0.103 e. The van der Waals surface area contributed by atoms with Crippen molar-refractivity contribution < 1.29 is 0 Å². The molecule has 0 aromatic carbocycles. The van der Waals surface area contributed by atoms with E-state index >= 15 is 0 Å². The molecule has 16 heavy (non-hydrogen) atoms. The highest BCUT2D eigenvalue weighted by Crippen LogP contribution is 2.23. The van der Waals surface area contributed by atoms with Gasteiger partial charge in [-0.25, -0.2) is 4.98 Å². The van der Waals surface area contributed by atoms with Gasteiger partial charge in [-0.3, -0.25) is 0 Å². The number of aromatic nitrogens is 1. The first-order valence-corrected chi connectivity index (χ1v) is 8.76. The van der Waals surface area contributed by atoms with E-state index in [1.54, 1.807) is 11.3 Å². The molecule has 0 amide bonds. The Kier molecular flexibility index (Phi) is 6.80. The molecule has 0 spiro atoms. The lowest BCUT2D eigenvalue weighted by Crippen LogP contribution is -2.11. The lowest BCUT2D eigenvalue weighted by Gasteiger charge is -2.06. The molecule has 0 saturated carbocycles. The van der Waals surface area contributed by atoms with Gasteiger partial charge in [0, 0.05) is 17.2 Å². The van der Waals surface area contributed by atoms with Crippen molar-refractivity contribution in [2.75, 3.05) is 12.0 Å². The Hall–Kier alpha value is 0.290. The monoisotopic (exact) mass is 276 g/mol. The minimum atomic E-state index is 0.112. The van der Waals surface area contributed by atoms with E-state index in [4.69, 9.17) is 5.73 Å². The second kappa shape index (κ2) is 7.58. The van der Waals surface area contributed by atoms with E-state index in [0.29, 0.717) is 5.25 Å². The second-order valence-electron chi connectivity index (χ2n) is 3.91. The summed E-state index contributed by atoms with van der Waals surface area (Å²) in [6.07, 6.45) is 3.13. The van der Waals surface area contributed by atoms with Crippen molar-refractivity contribution in [3.05, 3.63) is 16.1 Å². The third-order valence-electron chi connectivity index (χ3n) is 2.12. The minimum absolute atomic E-state index is 0.112. The summed E-state index contributed by atoms with van der Waals surface area (Å²) in [5, 5.41) is 3.98. The lowest BCUT2D eigenvalue weighted by atomic mass is 10.2. The van der Waals surface area contributed by atoms with E-state index in [1.807, 2.05) is 23.5 Å². The molecule has 1 aromatic rings. The maximum absolute atomic E-state index is 6.07. The fourth-order valence-corrected chi connectivity index (χ4v) is 3.34. The first kappa shape index (κ1) is 14.4. The maximum Gasteiger partial charge on any atom is 0.103 e. The van der Waals surface area contributed by atoms with Gasteiger partial charge >= 0.3 is 0 Å². The zero-order valence-electron chi connectivity index (χ0n) is 10.1. The quantitative estimate of drug-likeness (QED) is 0.827. The Balaban J connectivity index is 2.43. The molecule has 0 aliphatic carbocycles. The van der Waals surface area contributed by atoms with Crippen LogP contribution in [-0.4, -0.2) is 22.2 Å². The molecule has 0 radical (unpaired) electrons. The first-order valence-electron chi connectivity index (χ1n) is 5.44. The average Bonchev–Trinajstić information content (AvgIpc) is 2.71. The van der Waals surface area contributed by atoms with Gasteiger partial charge in [-0.1, -0.05) is 13.8 Å². The van der Waals surface area contributed by atoms with Crippen molar-refractivity contribution >= 4 is 34.9 Å². The van der Waals surface area contributed by atoms with E-state index in [-0.39, 0.29) is 6.04 Å². The summed E-state index contributed by atoms with van der Waals surface area (Å²) in [5.41, 5.74) is 7.14. The van der Waals surface area contributed by atoms with Crippen LogP contribution in [0.1, 0.15) is 37.0 Å². The Labute approximate surface area is 111 Å². The lowest BCUT2D eigenvalue weighted by molar-refractivity contribution is 0.685. The molecule has 1 aromatic heterocycles. The standard InChI is InChI=1S/C11H20N2S3/c1-8(2)15-7-11-13-10(6-16-11)9(12)4-5-14-3/h6,8-9H,4-5,7,12H2,1-3H3. The number of hydrogen-bond acceptors (Lipinski definition) is 5. The van der Waals surface area contributed by atoms with Crippen molar-refractivity contribution in [1.29, 1.82) is 0 Å². The van der Waals surface area contributed by atoms with Crippen LogP contribution in [0.3, 0.4) is 0 Å². The minimum Gasteiger partial charge on any atom is -0.323 e. The summed E-state index contributed by atoms with van der Waals surface area (Å²) in [6, 6.07) is 0.112. The summed E-state index contributed by atoms with van der Waals surface area (Å²) in [4.78, 5) is 4.60. The van der Waals surface area contributed by atoms with Gasteiger partial charge in [-0.2, -0.15) is 23.5 Å². The second-order valence-corrected chi connectivity index (χ2v) is 7.41. The zero-order chi connectivity index (χ0) is 12.0. The molecule has 1 atom stereocenters. The Morgan fingerprint density at radius 2 is 2.25 bits per heavy atom. The van der Waals surface area contributed by atoms with Crippen LogP contribution in [0.2, 0.25) is 0 Å². The third-order valence-corrected chi connectivity index (χ3v) is 4.92. The summed E-state index contributed by atoms with van der Waals surface area (Å²) < 4.78 is 0. The van der Waals surface area contributed by atoms with Gasteiger partial charge in [0.2, 0.25) is 0 Å². The molecular weight excluding hydrogens is 256 g/mol. The largest absolute Gasteiger partial charge is 0.323 e. The topological polar surface area (TPSA) is 38.9 Å². The van der Waals surface area contributed by atoms with Crippen LogP contribution in [0.15, 0.2) is 5.38 Å². The van der Waals surface area contributed by atoms with E-state index in [0.717, 1.165) is 23.6 Å². The Morgan fingerprint density at radius 3 is 2.88 bits per heavy atom. The number of rotatable bonds is 7. The molecule has 0 aliphatic heterocycles. The van der Waals surface area contributed by atoms with Gasteiger partial charge in [0.1, 0.15) is 5.01 Å². The highest BCUT2D eigenvalue weighted by molar-refractivity contribution is 7.99. The molecule has 2 nitrogen and oxygen atoms in total. The summed E-state index contributed by atoms with van der Waals surface area (Å²) in [6.45, 7) is 4.42. The number of thiazole rings is 1. The van der Waals surface area contributed by atoms with Gasteiger partial charge in [0.15, 0.2) is 0 Å². The summed E-state index contributed by atoms with van der Waals surface area (Å²) in [5.74, 6) is 2.12. The number of thioether (sulfide) groups is 2. The molecular formula is C11H20N2S3. The number of hydrogen-bond donors (Lipinski definition) is 1. The van der Waals surface area contributed by atoms with E-state index < -0.39 is 0 Å². The van der Waals surface area contributed by atoms with Gasteiger partial charge in [-0.15, -0.1) is 11.3 Å². The van der Waals surface area contributed by atoms with Crippen LogP contribution in [-0.2, 0) is 5.75 Å². The molecule has 1 heterocycles. The van der Waals surface area contributed by atoms with Crippen LogP contribution in [0.5, 0.6) is 0 Å². The molecule has 1 unspecified atom stereocenters. The zero-order valence-corrected chi connectivity index (χ0v) is 12.6. The van der Waals surface area contributed by atoms with Crippen LogP contribution >= 0.6 is 34.9 Å². The number of nitrogens with two attached hydrogens (primary N) is 1. The molecule has 2 N–H and O–H groups in total. The van der Waals surface area contributed by atoms with Crippen molar-refractivity contribution in [1.82, 2.24) is 4.98 Å². The highest BCUT2D eigenvalue weighted by atomic mass is 32.2. The number of nitrogens with zero attached hydrogens (tertiary/aromatic N) is 1. The predicted molar refractivity (Wildman–Crippen MR) is 78.5 cm³/mol. The molecule has 0 bridgehead atoms. The van der Waals surface area contributed by atoms with Crippen molar-refractivity contribution in [3.8, 4) is 0 Å². The van der Waals surface area contributed by atoms with E-state index in [1.165, 1.54) is 5.01 Å². The van der Waals surface area contributed by atoms with E-state index in [9.17, 15) is 0 Å². The summed E-state index contributed by atoms with van der Waals surface area (Å²) in [7, 11) is 0. The van der Waals surface area contributed by atoms with Crippen molar-refractivity contribution in [2.24, 2.45) is 5.73 Å². The van der Waals surface area contributed by atoms with Gasteiger partial charge in [-0.05, 0) is 23.7 Å². The molecule has 0 fully saturated rings. The van der Waals surface area contributed by atoms with Crippen LogP contribution in [0.25, 0.3) is 0 Å². The van der Waals surface area contributed by atoms with Crippen LogP contribution in [0, 0.1) is 0 Å². The molecule has 0 saturated heterocycles. The van der Waals surface area contributed by atoms with Crippen LogP contribution in [0.4, 0.5) is 0 Å². The van der Waals surface area contributed by atoms with Crippen LogP contribution < -0.4 is 5.73 Å². The Bertz CT molecular complexity index is 299. The molecule has 1 rings (SSSR count). The fourth-order valence-electron chi connectivity index (χ4n) is 1.19. The molecule has 0 aliphatic rings. The summed E-state index contributed by atoms with van der Waals surface area (Å²) >= 11 is 5.50. The van der Waals surface area contributed by atoms with Crippen molar-refractivity contribution in [2.45, 2.75) is 37.3 Å².